The van der Waals surface area contributed by atoms with Gasteiger partial charge in [-0.05, 0) is 17.9 Å². The van der Waals surface area contributed by atoms with Crippen LogP contribution in [-0.2, 0) is 0 Å². The van der Waals surface area contributed by atoms with Crippen molar-refractivity contribution in [1.29, 1.82) is 0 Å². The lowest BCUT2D eigenvalue weighted by Crippen LogP contribution is -2.10. The Kier molecular flexibility index (Phi) is 5.79. The van der Waals surface area contributed by atoms with Crippen LogP contribution in [0, 0.1) is 5.92 Å². The second-order valence-corrected chi connectivity index (χ2v) is 4.99. The van der Waals surface area contributed by atoms with Crippen molar-refractivity contribution >= 4 is 15.9 Å². The van der Waals surface area contributed by atoms with Gasteiger partial charge in [0.15, 0.2) is 11.5 Å². The highest BCUT2D eigenvalue weighted by molar-refractivity contribution is 9.09. The number of ether oxygens (including phenoxy) is 3. The third-order valence-electron chi connectivity index (χ3n) is 3.32. The zero-order valence-electron chi connectivity index (χ0n) is 11.6. The molecule has 0 aliphatic heterocycles. The molecular weight excluding hydrogens is 296 g/mol. The van der Waals surface area contributed by atoms with Gasteiger partial charge in [-0.2, -0.15) is 0 Å². The molecule has 0 saturated carbocycles. The molecule has 0 aromatic heterocycles. The summed E-state index contributed by atoms with van der Waals surface area (Å²) < 4.78 is 16.2. The Morgan fingerprint density at radius 3 is 2.06 bits per heavy atom. The number of hydrogen-bond donors (Lipinski definition) is 0. The Morgan fingerprint density at radius 1 is 1.00 bits per heavy atom. The minimum Gasteiger partial charge on any atom is -0.493 e. The van der Waals surface area contributed by atoms with E-state index in [2.05, 4.69) is 29.8 Å². The molecule has 0 spiro atoms. The number of methoxy groups -OCH3 is 3. The second kappa shape index (κ2) is 6.88. The van der Waals surface area contributed by atoms with E-state index >= 15 is 0 Å². The van der Waals surface area contributed by atoms with Gasteiger partial charge in [0.1, 0.15) is 0 Å². The van der Waals surface area contributed by atoms with E-state index in [0.717, 1.165) is 16.6 Å². The molecule has 1 rings (SSSR count). The van der Waals surface area contributed by atoms with Gasteiger partial charge in [-0.3, -0.25) is 0 Å². The topological polar surface area (TPSA) is 27.7 Å². The molecular formula is C14H21BrO3. The molecule has 1 aromatic rings. The van der Waals surface area contributed by atoms with Crippen molar-refractivity contribution < 1.29 is 14.2 Å². The van der Waals surface area contributed by atoms with Crippen LogP contribution in [0.15, 0.2) is 12.1 Å². The molecule has 0 radical (unpaired) electrons. The van der Waals surface area contributed by atoms with Gasteiger partial charge >= 0.3 is 0 Å². The van der Waals surface area contributed by atoms with Crippen molar-refractivity contribution in [3.05, 3.63) is 17.7 Å². The lowest BCUT2D eigenvalue weighted by Gasteiger charge is -2.23. The van der Waals surface area contributed by atoms with E-state index in [1.807, 2.05) is 12.1 Å². The van der Waals surface area contributed by atoms with E-state index in [0.29, 0.717) is 23.3 Å². The molecule has 0 aliphatic rings. The van der Waals surface area contributed by atoms with Gasteiger partial charge in [-0.25, -0.2) is 0 Å². The number of halogens is 1. The van der Waals surface area contributed by atoms with E-state index in [9.17, 15) is 0 Å². The first-order chi connectivity index (χ1) is 8.60. The first kappa shape index (κ1) is 15.2. The van der Waals surface area contributed by atoms with Crippen molar-refractivity contribution in [2.45, 2.75) is 19.8 Å². The van der Waals surface area contributed by atoms with Gasteiger partial charge in [-0.15, -0.1) is 0 Å². The molecule has 3 nitrogen and oxygen atoms in total. The van der Waals surface area contributed by atoms with Gasteiger partial charge in [0, 0.05) is 10.9 Å². The summed E-state index contributed by atoms with van der Waals surface area (Å²) in [4.78, 5) is 0. The number of hydrogen-bond acceptors (Lipinski definition) is 3. The molecule has 2 atom stereocenters. The summed E-state index contributed by atoms with van der Waals surface area (Å²) in [5.74, 6) is 3.00. The van der Waals surface area contributed by atoms with Crippen LogP contribution in [0.4, 0.5) is 0 Å². The predicted octanol–water partition coefficient (Wildman–Crippen LogP) is 3.85. The van der Waals surface area contributed by atoms with Crippen LogP contribution >= 0.6 is 15.9 Å². The summed E-state index contributed by atoms with van der Waals surface area (Å²) >= 11 is 3.53. The molecule has 0 bridgehead atoms. The van der Waals surface area contributed by atoms with Crippen LogP contribution in [0.5, 0.6) is 17.2 Å². The zero-order chi connectivity index (χ0) is 13.7. The van der Waals surface area contributed by atoms with Gasteiger partial charge in [-0.1, -0.05) is 35.8 Å². The quantitative estimate of drug-likeness (QED) is 0.746. The minimum atomic E-state index is 0.374. The monoisotopic (exact) mass is 316 g/mol. The molecule has 4 heteroatoms. The van der Waals surface area contributed by atoms with Crippen molar-refractivity contribution in [3.8, 4) is 17.2 Å². The molecule has 0 amide bonds. The Bertz CT molecular complexity index is 393. The van der Waals surface area contributed by atoms with Gasteiger partial charge in [0.2, 0.25) is 5.75 Å². The average molecular weight is 317 g/mol. The Morgan fingerprint density at radius 2 is 1.61 bits per heavy atom. The standard InChI is InChI=1S/C14H21BrO3/c1-9(8-15)10(2)11-6-7-12(16-3)14(18-5)13(11)17-4/h6-7,9-10H,8H2,1-5H3. The lowest BCUT2D eigenvalue weighted by atomic mass is 9.89. The largest absolute Gasteiger partial charge is 0.493 e. The maximum Gasteiger partial charge on any atom is 0.203 e. The lowest BCUT2D eigenvalue weighted by molar-refractivity contribution is 0.319. The van der Waals surface area contributed by atoms with Gasteiger partial charge < -0.3 is 14.2 Å². The van der Waals surface area contributed by atoms with Crippen LogP contribution in [0.3, 0.4) is 0 Å². The minimum absolute atomic E-state index is 0.374. The first-order valence-electron chi connectivity index (χ1n) is 5.95. The molecule has 102 valence electrons. The van der Waals surface area contributed by atoms with E-state index in [-0.39, 0.29) is 0 Å². The fourth-order valence-electron chi connectivity index (χ4n) is 1.92. The summed E-state index contributed by atoms with van der Waals surface area (Å²) in [6.07, 6.45) is 0. The Hall–Kier alpha value is -0.900. The van der Waals surface area contributed by atoms with E-state index in [1.165, 1.54) is 0 Å². The Labute approximate surface area is 118 Å². The van der Waals surface area contributed by atoms with Crippen LogP contribution < -0.4 is 14.2 Å². The molecule has 18 heavy (non-hydrogen) atoms. The van der Waals surface area contributed by atoms with Crippen LogP contribution in [-0.4, -0.2) is 26.7 Å². The Balaban J connectivity index is 3.28. The molecule has 0 heterocycles. The highest BCUT2D eigenvalue weighted by Gasteiger charge is 2.22. The third kappa shape index (κ3) is 2.91. The molecule has 0 saturated heterocycles. The summed E-state index contributed by atoms with van der Waals surface area (Å²) in [6.45, 7) is 4.39. The molecule has 1 aromatic carbocycles. The second-order valence-electron chi connectivity index (χ2n) is 4.34. The summed E-state index contributed by atoms with van der Waals surface area (Å²) in [5.41, 5.74) is 1.14. The van der Waals surface area contributed by atoms with Gasteiger partial charge in [0.05, 0.1) is 21.3 Å². The van der Waals surface area contributed by atoms with Crippen molar-refractivity contribution in [3.63, 3.8) is 0 Å². The summed E-state index contributed by atoms with van der Waals surface area (Å²) in [5, 5.41) is 0.950. The zero-order valence-corrected chi connectivity index (χ0v) is 13.2. The SMILES string of the molecule is COc1ccc(C(C)C(C)CBr)c(OC)c1OC. The number of alkyl halides is 1. The summed E-state index contributed by atoms with van der Waals surface area (Å²) in [7, 11) is 4.91. The van der Waals surface area contributed by atoms with Gasteiger partial charge in [0.25, 0.3) is 0 Å². The van der Waals surface area contributed by atoms with Crippen molar-refractivity contribution in [2.75, 3.05) is 26.7 Å². The summed E-state index contributed by atoms with van der Waals surface area (Å²) in [6, 6.07) is 3.97. The van der Waals surface area contributed by atoms with Crippen LogP contribution in [0.2, 0.25) is 0 Å². The maximum absolute atomic E-state index is 5.51. The van der Waals surface area contributed by atoms with Crippen LogP contribution in [0.1, 0.15) is 25.3 Å². The molecule has 0 fully saturated rings. The van der Waals surface area contributed by atoms with E-state index < -0.39 is 0 Å². The third-order valence-corrected chi connectivity index (χ3v) is 4.34. The van der Waals surface area contributed by atoms with Crippen molar-refractivity contribution in [2.24, 2.45) is 5.92 Å². The first-order valence-corrected chi connectivity index (χ1v) is 7.07. The fraction of sp³-hybridized carbons (Fsp3) is 0.571. The molecule has 0 N–H and O–H groups in total. The number of rotatable bonds is 6. The van der Waals surface area contributed by atoms with E-state index in [1.54, 1.807) is 21.3 Å². The van der Waals surface area contributed by atoms with E-state index in [4.69, 9.17) is 14.2 Å². The molecule has 2 unspecified atom stereocenters. The number of benzene rings is 1. The maximum atomic E-state index is 5.51. The molecule has 0 aliphatic carbocycles. The predicted molar refractivity (Wildman–Crippen MR) is 77.5 cm³/mol. The van der Waals surface area contributed by atoms with Crippen LogP contribution in [0.25, 0.3) is 0 Å². The smallest absolute Gasteiger partial charge is 0.203 e. The highest BCUT2D eigenvalue weighted by atomic mass is 79.9. The fourth-order valence-corrected chi connectivity index (χ4v) is 2.48. The normalized spacial score (nSPS) is 13.9. The van der Waals surface area contributed by atoms with Crippen molar-refractivity contribution in [1.82, 2.24) is 0 Å². The highest BCUT2D eigenvalue weighted by Crippen LogP contribution is 2.44. The average Bonchev–Trinajstić information content (AvgIpc) is 2.43.